The van der Waals surface area contributed by atoms with Crippen LogP contribution >= 0.6 is 0 Å². The molecule has 0 heterocycles. The number of carbonyl (C=O) groups is 2. The Bertz CT molecular complexity index is 477. The summed E-state index contributed by atoms with van der Waals surface area (Å²) in [4.78, 5) is 21.9. The van der Waals surface area contributed by atoms with Crippen LogP contribution in [0.2, 0.25) is 0 Å². The molecular formula is C12H14FNO5. The molecule has 0 aromatic heterocycles. The molecule has 1 unspecified atom stereocenters. The zero-order valence-corrected chi connectivity index (χ0v) is 10.2. The molecular weight excluding hydrogens is 257 g/mol. The molecule has 0 bridgehead atoms. The Kier molecular flexibility index (Phi) is 5.25. The minimum atomic E-state index is -1.55. The van der Waals surface area contributed by atoms with Gasteiger partial charge in [-0.05, 0) is 12.1 Å². The standard InChI is InChI=1S/C12H14FNO5/c1-19-7-2-3-8(9(13)6-7)11(16)14-5-4-10(15)12(17)18/h2-3,6,10,15H,4-5H2,1H3,(H,14,16)(H,17,18). The summed E-state index contributed by atoms with van der Waals surface area (Å²) in [5.41, 5.74) is -0.175. The average Bonchev–Trinajstić information content (AvgIpc) is 2.37. The van der Waals surface area contributed by atoms with E-state index >= 15 is 0 Å². The summed E-state index contributed by atoms with van der Waals surface area (Å²) < 4.78 is 18.3. The number of nitrogens with one attached hydrogen (secondary N) is 1. The molecule has 0 aliphatic heterocycles. The van der Waals surface area contributed by atoms with Gasteiger partial charge in [-0.2, -0.15) is 0 Å². The largest absolute Gasteiger partial charge is 0.497 e. The maximum atomic E-state index is 13.5. The number of methoxy groups -OCH3 is 1. The average molecular weight is 271 g/mol. The molecule has 0 aliphatic carbocycles. The van der Waals surface area contributed by atoms with Crippen LogP contribution in [-0.4, -0.2) is 41.8 Å². The summed E-state index contributed by atoms with van der Waals surface area (Å²) in [6.45, 7) is -0.0717. The third-order valence-corrected chi connectivity index (χ3v) is 2.41. The molecule has 0 saturated carbocycles. The van der Waals surface area contributed by atoms with Gasteiger partial charge in [-0.3, -0.25) is 4.79 Å². The van der Waals surface area contributed by atoms with Crippen LogP contribution in [-0.2, 0) is 4.79 Å². The van der Waals surface area contributed by atoms with Gasteiger partial charge in [0.1, 0.15) is 11.6 Å². The van der Waals surface area contributed by atoms with Crippen molar-refractivity contribution in [2.75, 3.05) is 13.7 Å². The number of halogens is 1. The van der Waals surface area contributed by atoms with Crippen molar-refractivity contribution < 1.29 is 28.9 Å². The second kappa shape index (κ2) is 6.69. The molecule has 0 saturated heterocycles. The fourth-order valence-corrected chi connectivity index (χ4v) is 1.35. The van der Waals surface area contributed by atoms with E-state index in [0.717, 1.165) is 6.07 Å². The fourth-order valence-electron chi connectivity index (χ4n) is 1.35. The Morgan fingerprint density at radius 3 is 2.68 bits per heavy atom. The van der Waals surface area contributed by atoms with Gasteiger partial charge in [0.2, 0.25) is 0 Å². The van der Waals surface area contributed by atoms with E-state index in [9.17, 15) is 14.0 Å². The first-order valence-corrected chi connectivity index (χ1v) is 5.48. The highest BCUT2D eigenvalue weighted by atomic mass is 19.1. The Morgan fingerprint density at radius 2 is 2.16 bits per heavy atom. The number of carboxylic acid groups (broad SMARTS) is 1. The summed E-state index contributed by atoms with van der Waals surface area (Å²) >= 11 is 0. The van der Waals surface area contributed by atoms with Gasteiger partial charge in [-0.15, -0.1) is 0 Å². The number of amides is 1. The van der Waals surface area contributed by atoms with Crippen molar-refractivity contribution in [2.24, 2.45) is 0 Å². The molecule has 1 rings (SSSR count). The van der Waals surface area contributed by atoms with Gasteiger partial charge in [-0.25, -0.2) is 9.18 Å². The molecule has 1 aromatic carbocycles. The number of carbonyl (C=O) groups excluding carboxylic acids is 1. The third-order valence-electron chi connectivity index (χ3n) is 2.41. The Morgan fingerprint density at radius 1 is 1.47 bits per heavy atom. The lowest BCUT2D eigenvalue weighted by Gasteiger charge is -2.08. The first kappa shape index (κ1) is 14.9. The summed E-state index contributed by atoms with van der Waals surface area (Å²) in [6, 6.07) is 3.77. The fraction of sp³-hybridized carbons (Fsp3) is 0.333. The van der Waals surface area contributed by atoms with E-state index < -0.39 is 23.8 Å². The maximum Gasteiger partial charge on any atom is 0.332 e. The van der Waals surface area contributed by atoms with E-state index in [-0.39, 0.29) is 24.3 Å². The number of carboxylic acids is 1. The van der Waals surface area contributed by atoms with E-state index in [4.69, 9.17) is 14.9 Å². The van der Waals surface area contributed by atoms with Gasteiger partial charge in [0, 0.05) is 19.0 Å². The maximum absolute atomic E-state index is 13.5. The normalized spacial score (nSPS) is 11.7. The van der Waals surface area contributed by atoms with Crippen LogP contribution in [0, 0.1) is 5.82 Å². The minimum Gasteiger partial charge on any atom is -0.497 e. The van der Waals surface area contributed by atoms with Gasteiger partial charge in [0.15, 0.2) is 6.10 Å². The highest BCUT2D eigenvalue weighted by Gasteiger charge is 2.15. The Balaban J connectivity index is 2.57. The molecule has 0 aliphatic rings. The number of benzene rings is 1. The number of hydrogen-bond acceptors (Lipinski definition) is 4. The van der Waals surface area contributed by atoms with Crippen molar-refractivity contribution in [3.63, 3.8) is 0 Å². The van der Waals surface area contributed by atoms with E-state index in [2.05, 4.69) is 5.32 Å². The second-order valence-corrected chi connectivity index (χ2v) is 3.74. The Hall–Kier alpha value is -2.15. The van der Waals surface area contributed by atoms with Crippen molar-refractivity contribution in [3.8, 4) is 5.75 Å². The van der Waals surface area contributed by atoms with Crippen LogP contribution in [0.15, 0.2) is 18.2 Å². The SMILES string of the molecule is COc1ccc(C(=O)NCCC(O)C(=O)O)c(F)c1. The Labute approximate surface area is 108 Å². The smallest absolute Gasteiger partial charge is 0.332 e. The number of hydrogen-bond donors (Lipinski definition) is 3. The highest BCUT2D eigenvalue weighted by Crippen LogP contribution is 2.16. The van der Waals surface area contributed by atoms with E-state index in [0.29, 0.717) is 0 Å². The molecule has 6 nitrogen and oxygen atoms in total. The lowest BCUT2D eigenvalue weighted by Crippen LogP contribution is -2.30. The first-order valence-electron chi connectivity index (χ1n) is 5.48. The monoisotopic (exact) mass is 271 g/mol. The molecule has 0 radical (unpaired) electrons. The molecule has 1 amide bonds. The first-order chi connectivity index (χ1) is 8.95. The van der Waals surface area contributed by atoms with Crippen LogP contribution in [0.4, 0.5) is 4.39 Å². The zero-order chi connectivity index (χ0) is 14.4. The molecule has 19 heavy (non-hydrogen) atoms. The van der Waals surface area contributed by atoms with Gasteiger partial charge >= 0.3 is 5.97 Å². The molecule has 3 N–H and O–H groups in total. The predicted octanol–water partition coefficient (Wildman–Crippen LogP) is 0.400. The van der Waals surface area contributed by atoms with Crippen LogP contribution in [0.1, 0.15) is 16.8 Å². The number of rotatable bonds is 6. The van der Waals surface area contributed by atoms with Gasteiger partial charge in [0.05, 0.1) is 12.7 Å². The predicted molar refractivity (Wildman–Crippen MR) is 63.5 cm³/mol. The van der Waals surface area contributed by atoms with Gasteiger partial charge < -0.3 is 20.3 Å². The second-order valence-electron chi connectivity index (χ2n) is 3.74. The molecule has 1 atom stereocenters. The summed E-state index contributed by atoms with van der Waals surface area (Å²) in [6.07, 6.45) is -1.71. The third kappa shape index (κ3) is 4.22. The van der Waals surface area contributed by atoms with Crippen molar-refractivity contribution in [3.05, 3.63) is 29.6 Å². The number of aliphatic carboxylic acids is 1. The lowest BCUT2D eigenvalue weighted by molar-refractivity contribution is -0.146. The van der Waals surface area contributed by atoms with Crippen molar-refractivity contribution >= 4 is 11.9 Å². The van der Waals surface area contributed by atoms with Crippen molar-refractivity contribution in [1.82, 2.24) is 5.32 Å². The summed E-state index contributed by atoms with van der Waals surface area (Å²) in [5, 5.41) is 19.7. The molecule has 0 fully saturated rings. The lowest BCUT2D eigenvalue weighted by atomic mass is 10.2. The summed E-state index contributed by atoms with van der Waals surface area (Å²) in [7, 11) is 1.38. The molecule has 7 heteroatoms. The van der Waals surface area contributed by atoms with Gasteiger partial charge in [0.25, 0.3) is 5.91 Å². The topological polar surface area (TPSA) is 95.9 Å². The van der Waals surface area contributed by atoms with Crippen molar-refractivity contribution in [1.29, 1.82) is 0 Å². The number of aliphatic hydroxyl groups is 1. The van der Waals surface area contributed by atoms with E-state index in [1.165, 1.54) is 19.2 Å². The van der Waals surface area contributed by atoms with Crippen LogP contribution < -0.4 is 10.1 Å². The van der Waals surface area contributed by atoms with Crippen LogP contribution in [0.3, 0.4) is 0 Å². The van der Waals surface area contributed by atoms with Crippen LogP contribution in [0.25, 0.3) is 0 Å². The summed E-state index contributed by atoms with van der Waals surface area (Å²) in [5.74, 6) is -2.51. The zero-order valence-electron chi connectivity index (χ0n) is 10.2. The highest BCUT2D eigenvalue weighted by molar-refractivity contribution is 5.94. The molecule has 0 spiro atoms. The number of aliphatic hydroxyl groups excluding tert-OH is 1. The van der Waals surface area contributed by atoms with Crippen LogP contribution in [0.5, 0.6) is 5.75 Å². The molecule has 1 aromatic rings. The minimum absolute atomic E-state index is 0.0717. The molecule has 104 valence electrons. The van der Waals surface area contributed by atoms with E-state index in [1.807, 2.05) is 0 Å². The number of ether oxygens (including phenoxy) is 1. The van der Waals surface area contributed by atoms with E-state index in [1.54, 1.807) is 0 Å². The quantitative estimate of drug-likeness (QED) is 0.696. The van der Waals surface area contributed by atoms with Gasteiger partial charge in [-0.1, -0.05) is 0 Å². The van der Waals surface area contributed by atoms with Crippen molar-refractivity contribution in [2.45, 2.75) is 12.5 Å².